The molecular formula is C15H29N3O. The molecule has 1 amide bonds. The Bertz CT molecular complexity index is 323. The molecule has 4 nitrogen and oxygen atoms in total. The second-order valence-corrected chi connectivity index (χ2v) is 7.35. The standard InChI is InChI=1S/C15H29N3O/c1-10(14(19)17-15(2,3)4)16-11-8-12-6-7-13(9-11)18(12)5/h10-13,16H,6-9H2,1-5H3,(H,17,19). The number of hydrogen-bond donors (Lipinski definition) is 2. The molecule has 2 fully saturated rings. The van der Waals surface area contributed by atoms with Gasteiger partial charge in [-0.25, -0.2) is 0 Å². The largest absolute Gasteiger partial charge is 0.350 e. The van der Waals surface area contributed by atoms with E-state index in [0.29, 0.717) is 18.1 Å². The number of hydrogen-bond acceptors (Lipinski definition) is 3. The predicted molar refractivity (Wildman–Crippen MR) is 78.1 cm³/mol. The van der Waals surface area contributed by atoms with E-state index in [1.807, 2.05) is 27.7 Å². The van der Waals surface area contributed by atoms with Gasteiger partial charge >= 0.3 is 0 Å². The van der Waals surface area contributed by atoms with Crippen molar-refractivity contribution >= 4 is 5.91 Å². The van der Waals surface area contributed by atoms with Gasteiger partial charge in [0.2, 0.25) is 5.91 Å². The van der Waals surface area contributed by atoms with Gasteiger partial charge in [-0.15, -0.1) is 0 Å². The second kappa shape index (κ2) is 5.41. The highest BCUT2D eigenvalue weighted by atomic mass is 16.2. The van der Waals surface area contributed by atoms with Crippen LogP contribution in [0.3, 0.4) is 0 Å². The van der Waals surface area contributed by atoms with Crippen LogP contribution in [0.15, 0.2) is 0 Å². The van der Waals surface area contributed by atoms with Crippen LogP contribution in [0.5, 0.6) is 0 Å². The summed E-state index contributed by atoms with van der Waals surface area (Å²) in [5.41, 5.74) is -0.154. The molecule has 0 aliphatic carbocycles. The Morgan fingerprint density at radius 2 is 1.74 bits per heavy atom. The summed E-state index contributed by atoms with van der Waals surface area (Å²) in [6.07, 6.45) is 5.00. The summed E-state index contributed by atoms with van der Waals surface area (Å²) in [6.45, 7) is 8.04. The lowest BCUT2D eigenvalue weighted by Crippen LogP contribution is -2.55. The van der Waals surface area contributed by atoms with Crippen molar-refractivity contribution in [3.8, 4) is 0 Å². The molecule has 0 aromatic rings. The van der Waals surface area contributed by atoms with Crippen LogP contribution in [-0.4, -0.2) is 47.6 Å². The van der Waals surface area contributed by atoms with Crippen LogP contribution in [0.4, 0.5) is 0 Å². The molecule has 0 saturated carbocycles. The fourth-order valence-electron chi connectivity index (χ4n) is 3.45. The van der Waals surface area contributed by atoms with Crippen molar-refractivity contribution in [2.75, 3.05) is 7.05 Å². The molecule has 0 aromatic carbocycles. The van der Waals surface area contributed by atoms with E-state index < -0.39 is 0 Å². The molecule has 2 bridgehead atoms. The first-order valence-corrected chi connectivity index (χ1v) is 7.56. The lowest BCUT2D eigenvalue weighted by Gasteiger charge is -2.38. The number of nitrogens with zero attached hydrogens (tertiary/aromatic N) is 1. The van der Waals surface area contributed by atoms with Crippen molar-refractivity contribution in [1.82, 2.24) is 15.5 Å². The van der Waals surface area contributed by atoms with Crippen molar-refractivity contribution in [2.24, 2.45) is 0 Å². The summed E-state index contributed by atoms with van der Waals surface area (Å²) >= 11 is 0. The molecule has 3 atom stereocenters. The van der Waals surface area contributed by atoms with Crippen LogP contribution in [0.1, 0.15) is 53.4 Å². The maximum Gasteiger partial charge on any atom is 0.237 e. The van der Waals surface area contributed by atoms with E-state index in [-0.39, 0.29) is 17.5 Å². The molecule has 0 spiro atoms. The van der Waals surface area contributed by atoms with Gasteiger partial charge in [0.1, 0.15) is 0 Å². The van der Waals surface area contributed by atoms with Gasteiger partial charge in [0.15, 0.2) is 0 Å². The van der Waals surface area contributed by atoms with Gasteiger partial charge in [-0.05, 0) is 60.4 Å². The van der Waals surface area contributed by atoms with Crippen LogP contribution >= 0.6 is 0 Å². The quantitative estimate of drug-likeness (QED) is 0.814. The Morgan fingerprint density at radius 1 is 1.21 bits per heavy atom. The van der Waals surface area contributed by atoms with Gasteiger partial charge in [-0.3, -0.25) is 4.79 Å². The molecule has 0 radical (unpaired) electrons. The highest BCUT2D eigenvalue weighted by molar-refractivity contribution is 5.81. The maximum atomic E-state index is 12.1. The summed E-state index contributed by atoms with van der Waals surface area (Å²) in [4.78, 5) is 14.6. The Kier molecular flexibility index (Phi) is 4.21. The summed E-state index contributed by atoms with van der Waals surface area (Å²) in [5.74, 6) is 0.110. The number of fused-ring (bicyclic) bond motifs is 2. The molecule has 3 unspecified atom stereocenters. The molecule has 2 N–H and O–H groups in total. The van der Waals surface area contributed by atoms with Gasteiger partial charge in [-0.1, -0.05) is 0 Å². The van der Waals surface area contributed by atoms with Crippen molar-refractivity contribution in [2.45, 2.75) is 83.1 Å². The highest BCUT2D eigenvalue weighted by Gasteiger charge is 2.39. The number of carbonyl (C=O) groups is 1. The molecule has 2 rings (SSSR count). The summed E-state index contributed by atoms with van der Waals surface area (Å²) in [5, 5.41) is 6.57. The fraction of sp³-hybridized carbons (Fsp3) is 0.933. The average Bonchev–Trinajstić information content (AvgIpc) is 2.50. The van der Waals surface area contributed by atoms with Crippen LogP contribution in [0.2, 0.25) is 0 Å². The van der Waals surface area contributed by atoms with Gasteiger partial charge in [0.05, 0.1) is 6.04 Å². The first-order valence-electron chi connectivity index (χ1n) is 7.56. The normalized spacial score (nSPS) is 33.2. The molecule has 2 saturated heterocycles. The summed E-state index contributed by atoms with van der Waals surface area (Å²) < 4.78 is 0. The molecular weight excluding hydrogens is 238 g/mol. The van der Waals surface area contributed by atoms with E-state index in [0.717, 1.165) is 0 Å². The van der Waals surface area contributed by atoms with Crippen molar-refractivity contribution in [3.05, 3.63) is 0 Å². The van der Waals surface area contributed by atoms with Gasteiger partial charge in [0.25, 0.3) is 0 Å². The molecule has 2 aliphatic rings. The third-order valence-corrected chi connectivity index (χ3v) is 4.48. The van der Waals surface area contributed by atoms with Crippen LogP contribution in [-0.2, 0) is 4.79 Å². The number of nitrogens with one attached hydrogen (secondary N) is 2. The number of amides is 1. The second-order valence-electron chi connectivity index (χ2n) is 7.35. The maximum absolute atomic E-state index is 12.1. The summed E-state index contributed by atoms with van der Waals surface area (Å²) in [6, 6.07) is 1.82. The molecule has 0 aromatic heterocycles. The Morgan fingerprint density at radius 3 is 2.21 bits per heavy atom. The zero-order valence-corrected chi connectivity index (χ0v) is 13.0. The first kappa shape index (κ1) is 14.8. The van der Waals surface area contributed by atoms with E-state index >= 15 is 0 Å². The lowest BCUT2D eigenvalue weighted by molar-refractivity contribution is -0.124. The van der Waals surface area contributed by atoms with Crippen molar-refractivity contribution < 1.29 is 4.79 Å². The van der Waals surface area contributed by atoms with Crippen molar-refractivity contribution in [1.29, 1.82) is 0 Å². The van der Waals surface area contributed by atoms with Crippen molar-refractivity contribution in [3.63, 3.8) is 0 Å². The minimum atomic E-state index is -0.154. The van der Waals surface area contributed by atoms with E-state index in [1.165, 1.54) is 25.7 Å². The summed E-state index contributed by atoms with van der Waals surface area (Å²) in [7, 11) is 2.24. The highest BCUT2D eigenvalue weighted by Crippen LogP contribution is 2.34. The number of rotatable bonds is 3. The molecule has 2 aliphatic heterocycles. The third kappa shape index (κ3) is 3.69. The van der Waals surface area contributed by atoms with E-state index in [1.54, 1.807) is 0 Å². The van der Waals surface area contributed by atoms with E-state index in [4.69, 9.17) is 0 Å². The smallest absolute Gasteiger partial charge is 0.237 e. The average molecular weight is 267 g/mol. The third-order valence-electron chi connectivity index (χ3n) is 4.48. The van der Waals surface area contributed by atoms with Crippen LogP contribution in [0.25, 0.3) is 0 Å². The lowest BCUT2D eigenvalue weighted by atomic mass is 9.97. The number of carbonyl (C=O) groups excluding carboxylic acids is 1. The van der Waals surface area contributed by atoms with Crippen LogP contribution < -0.4 is 10.6 Å². The molecule has 2 heterocycles. The molecule has 110 valence electrons. The van der Waals surface area contributed by atoms with Gasteiger partial charge in [0, 0.05) is 23.7 Å². The minimum absolute atomic E-state index is 0.105. The molecule has 19 heavy (non-hydrogen) atoms. The van der Waals surface area contributed by atoms with E-state index in [9.17, 15) is 4.79 Å². The Hall–Kier alpha value is -0.610. The monoisotopic (exact) mass is 267 g/mol. The zero-order valence-electron chi connectivity index (χ0n) is 13.0. The molecule has 4 heteroatoms. The predicted octanol–water partition coefficient (Wildman–Crippen LogP) is 1.50. The zero-order chi connectivity index (χ0) is 14.2. The van der Waals surface area contributed by atoms with E-state index in [2.05, 4.69) is 22.6 Å². The topological polar surface area (TPSA) is 44.4 Å². The van der Waals surface area contributed by atoms with Gasteiger partial charge in [-0.2, -0.15) is 0 Å². The van der Waals surface area contributed by atoms with Gasteiger partial charge < -0.3 is 15.5 Å². The SMILES string of the molecule is CC(NC1CC2CCC(C1)N2C)C(=O)NC(C)(C)C. The number of piperidine rings is 1. The first-order chi connectivity index (χ1) is 8.76. The minimum Gasteiger partial charge on any atom is -0.350 e. The Balaban J connectivity index is 1.83. The fourth-order valence-corrected chi connectivity index (χ4v) is 3.45. The van der Waals surface area contributed by atoms with Crippen LogP contribution in [0, 0.1) is 0 Å². The Labute approximate surface area is 117 Å².